The van der Waals surface area contributed by atoms with Crippen molar-refractivity contribution in [1.82, 2.24) is 9.97 Å². The Hall–Kier alpha value is -3.59. The number of carbonyl (C=O) groups is 2. The summed E-state index contributed by atoms with van der Waals surface area (Å²) in [5.74, 6) is -1.78. The Morgan fingerprint density at radius 2 is 1.21 bits per heavy atom. The van der Waals surface area contributed by atoms with Crippen molar-refractivity contribution >= 4 is 39.5 Å². The molecular formula is C32H30BrClF6N2O6. The number of halogens is 8. The van der Waals surface area contributed by atoms with E-state index in [0.717, 1.165) is 37.8 Å². The lowest BCUT2D eigenvalue weighted by molar-refractivity contribution is -0.142. The predicted octanol–water partition coefficient (Wildman–Crippen LogP) is 9.21. The van der Waals surface area contributed by atoms with Gasteiger partial charge in [0.05, 0.1) is 42.0 Å². The third-order valence-corrected chi connectivity index (χ3v) is 7.74. The Kier molecular flexibility index (Phi) is 12.2. The summed E-state index contributed by atoms with van der Waals surface area (Å²) in [7, 11) is 0. The molecule has 48 heavy (non-hydrogen) atoms. The van der Waals surface area contributed by atoms with Gasteiger partial charge in [-0.2, -0.15) is 26.3 Å². The molecule has 2 saturated carbocycles. The van der Waals surface area contributed by atoms with Crippen LogP contribution in [0.2, 0.25) is 5.02 Å². The molecule has 0 N–H and O–H groups in total. The van der Waals surface area contributed by atoms with Gasteiger partial charge in [0.1, 0.15) is 0 Å². The summed E-state index contributed by atoms with van der Waals surface area (Å²) in [6.07, 6.45) is -5.62. The van der Waals surface area contributed by atoms with Crippen LogP contribution < -0.4 is 9.47 Å². The Morgan fingerprint density at radius 1 is 0.771 bits per heavy atom. The second kappa shape index (κ2) is 15.7. The van der Waals surface area contributed by atoms with Crippen LogP contribution in [0.4, 0.5) is 26.3 Å². The topological polar surface area (TPSA) is 96.8 Å². The molecule has 0 unspecified atom stereocenters. The Morgan fingerprint density at radius 3 is 1.65 bits per heavy atom. The molecule has 2 fully saturated rings. The summed E-state index contributed by atoms with van der Waals surface area (Å²) >= 11 is 8.96. The normalized spacial score (nSPS) is 14.5. The van der Waals surface area contributed by atoms with E-state index >= 15 is 0 Å². The fourth-order valence-corrected chi connectivity index (χ4v) is 4.70. The largest absolute Gasteiger partial charge is 0.477 e. The van der Waals surface area contributed by atoms with Gasteiger partial charge >= 0.3 is 24.3 Å². The van der Waals surface area contributed by atoms with Crippen LogP contribution in [-0.2, 0) is 21.8 Å². The third-order valence-electron chi connectivity index (χ3n) is 6.92. The molecule has 0 atom stereocenters. The van der Waals surface area contributed by atoms with Crippen molar-refractivity contribution in [3.8, 4) is 22.9 Å². The van der Waals surface area contributed by atoms with Crippen LogP contribution >= 0.6 is 27.5 Å². The van der Waals surface area contributed by atoms with Crippen LogP contribution in [0.1, 0.15) is 71.6 Å². The number of benzene rings is 1. The molecule has 3 aromatic rings. The first-order valence-corrected chi connectivity index (χ1v) is 16.0. The van der Waals surface area contributed by atoms with Gasteiger partial charge in [0.15, 0.2) is 11.4 Å². The van der Waals surface area contributed by atoms with Gasteiger partial charge < -0.3 is 18.9 Å². The fourth-order valence-electron chi connectivity index (χ4n) is 4.14. The first kappa shape index (κ1) is 37.2. The zero-order valence-corrected chi connectivity index (χ0v) is 28.0. The minimum Gasteiger partial charge on any atom is -0.477 e. The standard InChI is InChI=1S/C19H17ClF3NO3.C13H13BrF3NO3/c1-2-26-18(25)15-9-14(12-5-7-13(20)8-6-12)17(27-10-11-3-4-11)24-16(15)19(21,22)23;1-2-20-12(19)8-5-9(14)11(21-6-7-3-4-7)18-10(8)13(15,16)17/h5-9,11H,2-4,10H2,1H3;5,7H,2-4,6H2,1H3. The van der Waals surface area contributed by atoms with Crippen molar-refractivity contribution in [2.45, 2.75) is 51.9 Å². The molecule has 0 amide bonds. The van der Waals surface area contributed by atoms with Gasteiger partial charge in [0.25, 0.3) is 0 Å². The van der Waals surface area contributed by atoms with Crippen LogP contribution in [0.5, 0.6) is 11.8 Å². The van der Waals surface area contributed by atoms with Gasteiger partial charge in [0, 0.05) is 10.6 Å². The maximum atomic E-state index is 13.5. The zero-order valence-electron chi connectivity index (χ0n) is 25.6. The van der Waals surface area contributed by atoms with E-state index in [2.05, 4.69) is 30.6 Å². The number of pyridine rings is 2. The third kappa shape index (κ3) is 10.2. The SMILES string of the molecule is CCOC(=O)c1cc(-c2ccc(Cl)cc2)c(OCC2CC2)nc1C(F)(F)F.CCOC(=O)c1cc(Br)c(OCC2CC2)nc1C(F)(F)F. The summed E-state index contributed by atoms with van der Waals surface area (Å²) in [6.45, 7) is 3.57. The molecule has 0 spiro atoms. The highest BCUT2D eigenvalue weighted by atomic mass is 79.9. The molecule has 2 aromatic heterocycles. The molecule has 1 aromatic carbocycles. The number of nitrogens with zero attached hydrogens (tertiary/aromatic N) is 2. The van der Waals surface area contributed by atoms with E-state index in [9.17, 15) is 35.9 Å². The molecule has 5 rings (SSSR count). The number of alkyl halides is 6. The molecule has 0 bridgehead atoms. The summed E-state index contributed by atoms with van der Waals surface area (Å²) < 4.78 is 100. The molecule has 0 radical (unpaired) electrons. The van der Waals surface area contributed by atoms with Crippen LogP contribution in [0.15, 0.2) is 40.9 Å². The second-order valence-electron chi connectivity index (χ2n) is 10.9. The van der Waals surface area contributed by atoms with E-state index in [-0.39, 0.29) is 41.6 Å². The second-order valence-corrected chi connectivity index (χ2v) is 12.2. The predicted molar refractivity (Wildman–Crippen MR) is 165 cm³/mol. The van der Waals surface area contributed by atoms with Crippen molar-refractivity contribution < 1.29 is 54.9 Å². The molecule has 16 heteroatoms. The number of ether oxygens (including phenoxy) is 4. The molecule has 2 aliphatic carbocycles. The monoisotopic (exact) mass is 766 g/mol. The lowest BCUT2D eigenvalue weighted by atomic mass is 10.0. The number of carbonyl (C=O) groups excluding carboxylic acids is 2. The number of esters is 2. The molecule has 2 aliphatic rings. The zero-order chi connectivity index (χ0) is 35.2. The van der Waals surface area contributed by atoms with Gasteiger partial charge in [0.2, 0.25) is 11.8 Å². The van der Waals surface area contributed by atoms with Gasteiger partial charge in [-0.15, -0.1) is 0 Å². The van der Waals surface area contributed by atoms with Crippen molar-refractivity contribution in [3.63, 3.8) is 0 Å². The Labute approximate surface area is 285 Å². The van der Waals surface area contributed by atoms with E-state index in [1.54, 1.807) is 24.3 Å². The summed E-state index contributed by atoms with van der Waals surface area (Å²) in [6, 6.07) is 8.62. The quantitative estimate of drug-likeness (QED) is 0.141. The molecule has 8 nitrogen and oxygen atoms in total. The van der Waals surface area contributed by atoms with Gasteiger partial charge in [-0.05, 0) is 97.1 Å². The number of aromatic nitrogens is 2. The first-order chi connectivity index (χ1) is 22.6. The molecular weight excluding hydrogens is 738 g/mol. The van der Waals surface area contributed by atoms with Gasteiger partial charge in [-0.25, -0.2) is 19.6 Å². The first-order valence-electron chi connectivity index (χ1n) is 14.9. The average Bonchev–Trinajstić information content (AvgIpc) is 3.95. The van der Waals surface area contributed by atoms with Crippen LogP contribution in [0, 0.1) is 11.8 Å². The smallest absolute Gasteiger partial charge is 0.434 e. The highest BCUT2D eigenvalue weighted by molar-refractivity contribution is 9.10. The van der Waals surface area contributed by atoms with Crippen molar-refractivity contribution in [1.29, 1.82) is 0 Å². The minimum absolute atomic E-state index is 0.0202. The fraction of sp³-hybridized carbons (Fsp3) is 0.438. The number of hydrogen-bond donors (Lipinski definition) is 0. The average molecular weight is 768 g/mol. The maximum Gasteiger partial charge on any atom is 0.434 e. The summed E-state index contributed by atoms with van der Waals surface area (Å²) in [4.78, 5) is 30.9. The highest BCUT2D eigenvalue weighted by Gasteiger charge is 2.40. The lowest BCUT2D eigenvalue weighted by Crippen LogP contribution is -2.19. The number of hydrogen-bond acceptors (Lipinski definition) is 8. The van der Waals surface area contributed by atoms with Crippen LogP contribution in [0.25, 0.3) is 11.1 Å². The van der Waals surface area contributed by atoms with Crippen molar-refractivity contribution in [2.75, 3.05) is 26.4 Å². The number of rotatable bonds is 11. The Balaban J connectivity index is 0.000000224. The van der Waals surface area contributed by atoms with E-state index in [1.165, 1.54) is 13.8 Å². The van der Waals surface area contributed by atoms with Crippen molar-refractivity contribution in [3.05, 3.63) is 68.4 Å². The lowest BCUT2D eigenvalue weighted by Gasteiger charge is -2.17. The summed E-state index contributed by atoms with van der Waals surface area (Å²) in [5.41, 5.74) is -3.07. The molecule has 260 valence electrons. The van der Waals surface area contributed by atoms with Gasteiger partial charge in [-0.1, -0.05) is 23.7 Å². The van der Waals surface area contributed by atoms with Gasteiger partial charge in [-0.3, -0.25) is 0 Å². The van der Waals surface area contributed by atoms with E-state index < -0.39 is 46.8 Å². The highest BCUT2D eigenvalue weighted by Crippen LogP contribution is 2.40. The molecule has 0 saturated heterocycles. The van der Waals surface area contributed by atoms with E-state index in [0.29, 0.717) is 29.0 Å². The maximum absolute atomic E-state index is 13.5. The van der Waals surface area contributed by atoms with Crippen molar-refractivity contribution in [2.24, 2.45) is 11.8 Å². The van der Waals surface area contributed by atoms with Crippen LogP contribution in [0.3, 0.4) is 0 Å². The van der Waals surface area contributed by atoms with Crippen LogP contribution in [-0.4, -0.2) is 48.3 Å². The minimum atomic E-state index is -4.82. The van der Waals surface area contributed by atoms with E-state index in [4.69, 9.17) is 25.8 Å². The van der Waals surface area contributed by atoms with E-state index in [1.807, 2.05) is 0 Å². The summed E-state index contributed by atoms with van der Waals surface area (Å²) in [5, 5.41) is 0.477. The molecule has 0 aliphatic heterocycles. The molecule has 2 heterocycles. The Bertz CT molecular complexity index is 1610.